The molecule has 94 valence electrons. The van der Waals surface area contributed by atoms with Gasteiger partial charge in [0.15, 0.2) is 0 Å². The molecule has 1 saturated heterocycles. The van der Waals surface area contributed by atoms with Gasteiger partial charge >= 0.3 is 0 Å². The first-order valence-electron chi connectivity index (χ1n) is 6.17. The second-order valence-corrected chi connectivity index (χ2v) is 5.22. The van der Waals surface area contributed by atoms with Crippen molar-refractivity contribution in [2.45, 2.75) is 32.4 Å². The molecule has 1 aromatic rings. The maximum Gasteiger partial charge on any atom is 0.129 e. The van der Waals surface area contributed by atoms with Crippen molar-refractivity contribution in [2.75, 3.05) is 13.1 Å². The third-order valence-corrected chi connectivity index (χ3v) is 3.59. The molecule has 17 heavy (non-hydrogen) atoms. The Morgan fingerprint density at radius 2 is 2.41 bits per heavy atom. The van der Waals surface area contributed by atoms with E-state index in [0.29, 0.717) is 11.1 Å². The van der Waals surface area contributed by atoms with Gasteiger partial charge in [-0.3, -0.25) is 4.90 Å². The van der Waals surface area contributed by atoms with Gasteiger partial charge in [-0.15, -0.1) is 0 Å². The predicted molar refractivity (Wildman–Crippen MR) is 68.9 cm³/mol. The first-order chi connectivity index (χ1) is 8.15. The number of aliphatic hydroxyl groups excluding tert-OH is 1. The highest BCUT2D eigenvalue weighted by atomic mass is 35.5. The van der Waals surface area contributed by atoms with E-state index in [4.69, 9.17) is 11.6 Å². The molecule has 2 heterocycles. The molecule has 2 unspecified atom stereocenters. The molecule has 0 amide bonds. The van der Waals surface area contributed by atoms with Gasteiger partial charge in [0.1, 0.15) is 5.15 Å². The summed E-state index contributed by atoms with van der Waals surface area (Å²) in [6, 6.07) is 5.72. The summed E-state index contributed by atoms with van der Waals surface area (Å²) in [7, 11) is 0. The van der Waals surface area contributed by atoms with E-state index >= 15 is 0 Å². The average molecular weight is 255 g/mol. The van der Waals surface area contributed by atoms with Gasteiger partial charge in [0.25, 0.3) is 0 Å². The minimum atomic E-state index is -0.217. The van der Waals surface area contributed by atoms with E-state index in [1.807, 2.05) is 19.1 Å². The number of hydrogen-bond donors (Lipinski definition) is 1. The second kappa shape index (κ2) is 5.80. The van der Waals surface area contributed by atoms with Gasteiger partial charge in [-0.05, 0) is 44.4 Å². The standard InChI is InChI=1S/C13H19ClN2O/c1-10(17)11-4-3-7-16(8-11)9-12-5-2-6-13(14)15-12/h2,5-6,10-11,17H,3-4,7-9H2,1H3. The Hall–Kier alpha value is -0.640. The Bertz CT molecular complexity index is 370. The minimum Gasteiger partial charge on any atom is -0.393 e. The summed E-state index contributed by atoms with van der Waals surface area (Å²) in [5, 5.41) is 10.2. The summed E-state index contributed by atoms with van der Waals surface area (Å²) in [6.07, 6.45) is 2.05. The van der Waals surface area contributed by atoms with Crippen molar-refractivity contribution in [3.05, 3.63) is 29.0 Å². The largest absolute Gasteiger partial charge is 0.393 e. The van der Waals surface area contributed by atoms with Crippen LogP contribution in [0.1, 0.15) is 25.5 Å². The van der Waals surface area contributed by atoms with Crippen LogP contribution in [0.3, 0.4) is 0 Å². The van der Waals surface area contributed by atoms with Crippen molar-refractivity contribution >= 4 is 11.6 Å². The van der Waals surface area contributed by atoms with E-state index in [0.717, 1.165) is 38.2 Å². The summed E-state index contributed by atoms with van der Waals surface area (Å²) >= 11 is 5.87. The molecule has 2 rings (SSSR count). The van der Waals surface area contributed by atoms with Crippen molar-refractivity contribution in [3.63, 3.8) is 0 Å². The van der Waals surface area contributed by atoms with Gasteiger partial charge < -0.3 is 5.11 Å². The molecule has 4 heteroatoms. The van der Waals surface area contributed by atoms with Crippen molar-refractivity contribution in [3.8, 4) is 0 Å². The number of aromatic nitrogens is 1. The molecule has 0 radical (unpaired) electrons. The molecule has 0 spiro atoms. The second-order valence-electron chi connectivity index (χ2n) is 4.83. The number of rotatable bonds is 3. The van der Waals surface area contributed by atoms with Crippen molar-refractivity contribution in [1.82, 2.24) is 9.88 Å². The molecule has 0 saturated carbocycles. The van der Waals surface area contributed by atoms with Crippen molar-refractivity contribution in [2.24, 2.45) is 5.92 Å². The third kappa shape index (κ3) is 3.66. The molecule has 1 N–H and O–H groups in total. The molecular formula is C13H19ClN2O. The number of aliphatic hydroxyl groups is 1. The van der Waals surface area contributed by atoms with E-state index in [9.17, 15) is 5.11 Å². The minimum absolute atomic E-state index is 0.217. The quantitative estimate of drug-likeness (QED) is 0.841. The van der Waals surface area contributed by atoms with Crippen LogP contribution in [0.5, 0.6) is 0 Å². The lowest BCUT2D eigenvalue weighted by Crippen LogP contribution is -2.39. The summed E-state index contributed by atoms with van der Waals surface area (Å²) in [5.41, 5.74) is 1.00. The molecule has 1 fully saturated rings. The third-order valence-electron chi connectivity index (χ3n) is 3.38. The van der Waals surface area contributed by atoms with Crippen LogP contribution in [0.4, 0.5) is 0 Å². The maximum absolute atomic E-state index is 9.64. The van der Waals surface area contributed by atoms with Crippen LogP contribution < -0.4 is 0 Å². The molecule has 0 aromatic carbocycles. The van der Waals surface area contributed by atoms with Gasteiger partial charge in [-0.2, -0.15) is 0 Å². The zero-order valence-electron chi connectivity index (χ0n) is 10.1. The highest BCUT2D eigenvalue weighted by Crippen LogP contribution is 2.21. The van der Waals surface area contributed by atoms with Crippen LogP contribution in [0.15, 0.2) is 18.2 Å². The molecule has 0 aliphatic carbocycles. The van der Waals surface area contributed by atoms with Crippen LogP contribution in [-0.2, 0) is 6.54 Å². The van der Waals surface area contributed by atoms with E-state index < -0.39 is 0 Å². The number of piperidine rings is 1. The molecule has 1 aromatic heterocycles. The van der Waals surface area contributed by atoms with Gasteiger partial charge in [-0.25, -0.2) is 4.98 Å². The zero-order valence-corrected chi connectivity index (χ0v) is 10.9. The molecule has 1 aliphatic rings. The molecule has 2 atom stereocenters. The maximum atomic E-state index is 9.64. The van der Waals surface area contributed by atoms with Crippen LogP contribution >= 0.6 is 11.6 Å². The van der Waals surface area contributed by atoms with E-state index in [-0.39, 0.29) is 6.10 Å². The monoisotopic (exact) mass is 254 g/mol. The Balaban J connectivity index is 1.94. The highest BCUT2D eigenvalue weighted by Gasteiger charge is 2.23. The SMILES string of the molecule is CC(O)C1CCCN(Cc2cccc(Cl)n2)C1. The Kier molecular flexibility index (Phi) is 4.37. The summed E-state index contributed by atoms with van der Waals surface area (Å²) in [5.74, 6) is 0.392. The van der Waals surface area contributed by atoms with Gasteiger partial charge in [0.05, 0.1) is 11.8 Å². The molecule has 3 nitrogen and oxygen atoms in total. The van der Waals surface area contributed by atoms with E-state index in [2.05, 4.69) is 9.88 Å². The van der Waals surface area contributed by atoms with Crippen molar-refractivity contribution < 1.29 is 5.11 Å². The van der Waals surface area contributed by atoms with Gasteiger partial charge in [0, 0.05) is 13.1 Å². The Labute approximate surface area is 107 Å². The summed E-state index contributed by atoms with van der Waals surface area (Å²) in [6.45, 7) is 4.73. The van der Waals surface area contributed by atoms with Gasteiger partial charge in [-0.1, -0.05) is 17.7 Å². The number of pyridine rings is 1. The number of likely N-dealkylation sites (tertiary alicyclic amines) is 1. The van der Waals surface area contributed by atoms with Crippen LogP contribution in [0, 0.1) is 5.92 Å². The fourth-order valence-corrected chi connectivity index (χ4v) is 2.58. The molecule has 1 aliphatic heterocycles. The summed E-state index contributed by atoms with van der Waals surface area (Å²) in [4.78, 5) is 6.65. The lowest BCUT2D eigenvalue weighted by molar-refractivity contribution is 0.0594. The van der Waals surface area contributed by atoms with E-state index in [1.54, 1.807) is 6.07 Å². The first-order valence-corrected chi connectivity index (χ1v) is 6.55. The zero-order chi connectivity index (χ0) is 12.3. The fraction of sp³-hybridized carbons (Fsp3) is 0.615. The van der Waals surface area contributed by atoms with Crippen LogP contribution in [-0.4, -0.2) is 34.2 Å². The molecule has 0 bridgehead atoms. The average Bonchev–Trinajstić information content (AvgIpc) is 2.29. The topological polar surface area (TPSA) is 36.4 Å². The lowest BCUT2D eigenvalue weighted by Gasteiger charge is -2.33. The van der Waals surface area contributed by atoms with Crippen molar-refractivity contribution in [1.29, 1.82) is 0 Å². The Morgan fingerprint density at radius 3 is 3.12 bits per heavy atom. The smallest absolute Gasteiger partial charge is 0.129 e. The fourth-order valence-electron chi connectivity index (χ4n) is 2.40. The highest BCUT2D eigenvalue weighted by molar-refractivity contribution is 6.29. The van der Waals surface area contributed by atoms with E-state index in [1.165, 1.54) is 0 Å². The lowest BCUT2D eigenvalue weighted by atomic mass is 9.93. The number of nitrogens with zero attached hydrogens (tertiary/aromatic N) is 2. The summed E-state index contributed by atoms with van der Waals surface area (Å²) < 4.78 is 0. The number of hydrogen-bond acceptors (Lipinski definition) is 3. The van der Waals surface area contributed by atoms with Gasteiger partial charge in [0.2, 0.25) is 0 Å². The van der Waals surface area contributed by atoms with Crippen LogP contribution in [0.25, 0.3) is 0 Å². The number of halogens is 1. The Morgan fingerprint density at radius 1 is 1.59 bits per heavy atom. The first kappa shape index (κ1) is 12.8. The molecular weight excluding hydrogens is 236 g/mol. The predicted octanol–water partition coefficient (Wildman–Crippen LogP) is 2.33. The van der Waals surface area contributed by atoms with Crippen LogP contribution in [0.2, 0.25) is 5.15 Å². The normalized spacial score (nSPS) is 23.6.